The van der Waals surface area contributed by atoms with Crippen molar-refractivity contribution < 1.29 is 9.53 Å². The molecule has 0 N–H and O–H groups in total. The molecule has 4 atom stereocenters. The monoisotopic (exact) mass is 282 g/mol. The molecule has 0 saturated heterocycles. The van der Waals surface area contributed by atoms with Gasteiger partial charge in [-0.2, -0.15) is 0 Å². The smallest absolute Gasteiger partial charge is 0.159 e. The second-order valence-electron chi connectivity index (χ2n) is 6.87. The summed E-state index contributed by atoms with van der Waals surface area (Å²) in [6.45, 7) is 2.16. The lowest BCUT2D eigenvalue weighted by molar-refractivity contribution is -0.120. The van der Waals surface area contributed by atoms with Gasteiger partial charge in [-0.05, 0) is 79.7 Å². The lowest BCUT2D eigenvalue weighted by atomic mass is 9.59. The second kappa shape index (κ2) is 4.72. The summed E-state index contributed by atoms with van der Waals surface area (Å²) in [4.78, 5) is 12.1. The molecule has 3 aliphatic rings. The van der Waals surface area contributed by atoms with Crippen LogP contribution in [0.3, 0.4) is 0 Å². The first-order valence-corrected chi connectivity index (χ1v) is 8.08. The van der Waals surface area contributed by atoms with Crippen molar-refractivity contribution in [1.29, 1.82) is 0 Å². The number of hydrogen-bond acceptors (Lipinski definition) is 2. The third kappa shape index (κ3) is 1.88. The molecule has 110 valence electrons. The average Bonchev–Trinajstić information content (AvgIpc) is 2.81. The van der Waals surface area contributed by atoms with Gasteiger partial charge in [-0.15, -0.1) is 0 Å². The van der Waals surface area contributed by atoms with Crippen LogP contribution in [0.5, 0.6) is 5.75 Å². The van der Waals surface area contributed by atoms with Crippen LogP contribution < -0.4 is 4.74 Å². The zero-order valence-corrected chi connectivity index (χ0v) is 12.8. The van der Waals surface area contributed by atoms with Crippen molar-refractivity contribution in [3.05, 3.63) is 41.0 Å². The minimum atomic E-state index is 0.283. The molecule has 1 fully saturated rings. The number of ether oxygens (including phenoxy) is 1. The minimum absolute atomic E-state index is 0.283. The average molecular weight is 282 g/mol. The van der Waals surface area contributed by atoms with Gasteiger partial charge in [-0.25, -0.2) is 0 Å². The molecule has 2 nitrogen and oxygen atoms in total. The molecule has 0 heterocycles. The zero-order valence-electron chi connectivity index (χ0n) is 12.8. The summed E-state index contributed by atoms with van der Waals surface area (Å²) in [6.07, 6.45) is 6.48. The van der Waals surface area contributed by atoms with E-state index in [0.29, 0.717) is 23.5 Å². The molecule has 0 spiro atoms. The van der Waals surface area contributed by atoms with Crippen LogP contribution in [0.2, 0.25) is 0 Å². The van der Waals surface area contributed by atoms with Crippen molar-refractivity contribution in [2.45, 2.75) is 38.5 Å². The fourth-order valence-corrected chi connectivity index (χ4v) is 5.08. The van der Waals surface area contributed by atoms with Crippen LogP contribution in [0.1, 0.15) is 43.2 Å². The van der Waals surface area contributed by atoms with Crippen LogP contribution in [0.15, 0.2) is 29.8 Å². The van der Waals surface area contributed by atoms with Crippen LogP contribution in [-0.2, 0) is 11.2 Å². The van der Waals surface area contributed by atoms with Gasteiger partial charge in [0.25, 0.3) is 0 Å². The van der Waals surface area contributed by atoms with Crippen molar-refractivity contribution in [3.63, 3.8) is 0 Å². The number of fused-ring (bicyclic) bond motifs is 5. The Balaban J connectivity index is 1.71. The second-order valence-corrected chi connectivity index (χ2v) is 6.87. The van der Waals surface area contributed by atoms with Crippen LogP contribution in [0, 0.1) is 17.8 Å². The number of allylic oxidation sites excluding steroid dienone is 2. The molecule has 1 aromatic carbocycles. The topological polar surface area (TPSA) is 26.3 Å². The van der Waals surface area contributed by atoms with E-state index < -0.39 is 0 Å². The Labute approximate surface area is 126 Å². The molecule has 21 heavy (non-hydrogen) atoms. The van der Waals surface area contributed by atoms with E-state index in [2.05, 4.69) is 25.1 Å². The Bertz CT molecular complexity index is 628. The largest absolute Gasteiger partial charge is 0.497 e. The van der Waals surface area contributed by atoms with Gasteiger partial charge in [0.05, 0.1) is 7.11 Å². The summed E-state index contributed by atoms with van der Waals surface area (Å²) < 4.78 is 5.36. The molecule has 4 rings (SSSR count). The van der Waals surface area contributed by atoms with E-state index in [9.17, 15) is 4.79 Å². The Morgan fingerprint density at radius 1 is 1.14 bits per heavy atom. The van der Waals surface area contributed by atoms with E-state index in [4.69, 9.17) is 4.74 Å². The van der Waals surface area contributed by atoms with Gasteiger partial charge in [0.2, 0.25) is 0 Å². The van der Waals surface area contributed by atoms with Gasteiger partial charge in [-0.3, -0.25) is 4.79 Å². The summed E-state index contributed by atoms with van der Waals surface area (Å²) in [5.41, 5.74) is 4.30. The zero-order chi connectivity index (χ0) is 14.6. The number of ketones is 1. The Morgan fingerprint density at radius 3 is 2.76 bits per heavy atom. The molecule has 0 bridgehead atoms. The molecule has 1 aromatic rings. The molecule has 1 saturated carbocycles. The third-order valence-corrected chi connectivity index (χ3v) is 5.96. The molecule has 2 heteroatoms. The van der Waals surface area contributed by atoms with Gasteiger partial charge < -0.3 is 4.74 Å². The molecule has 0 aliphatic heterocycles. The number of benzene rings is 1. The highest BCUT2D eigenvalue weighted by atomic mass is 16.5. The van der Waals surface area contributed by atoms with Crippen LogP contribution >= 0.6 is 0 Å². The lowest BCUT2D eigenvalue weighted by Crippen LogP contribution is -2.37. The standard InChI is InChI=1S/C19H22O2/c1-11-9-18(20)17-8-7-15-14-6-4-13(21-2)10-12(14)3-5-16(15)19(11)17/h4,6,9-10,15-17,19H,3,5,7-8H2,1-2H3/t15-,16-,17-,19-/m1/s1. The van der Waals surface area contributed by atoms with E-state index in [0.717, 1.165) is 25.0 Å². The van der Waals surface area contributed by atoms with Gasteiger partial charge in [0.1, 0.15) is 5.75 Å². The van der Waals surface area contributed by atoms with E-state index in [1.165, 1.54) is 23.1 Å². The third-order valence-electron chi connectivity index (χ3n) is 5.96. The summed E-state index contributed by atoms with van der Waals surface area (Å²) in [7, 11) is 1.73. The van der Waals surface area contributed by atoms with Crippen LogP contribution in [0.25, 0.3) is 0 Å². The van der Waals surface area contributed by atoms with Crippen LogP contribution in [-0.4, -0.2) is 12.9 Å². The number of aryl methyl sites for hydroxylation is 1. The quantitative estimate of drug-likeness (QED) is 0.781. The molecule has 0 aromatic heterocycles. The number of methoxy groups -OCH3 is 1. The van der Waals surface area contributed by atoms with E-state index in [1.807, 2.05) is 6.08 Å². The number of carbonyl (C=O) groups excluding carboxylic acids is 1. The highest BCUT2D eigenvalue weighted by molar-refractivity contribution is 5.95. The molecule has 0 radical (unpaired) electrons. The first-order valence-electron chi connectivity index (χ1n) is 8.08. The molecular formula is C19H22O2. The predicted molar refractivity (Wildman–Crippen MR) is 82.5 cm³/mol. The molecule has 0 amide bonds. The van der Waals surface area contributed by atoms with Crippen molar-refractivity contribution in [1.82, 2.24) is 0 Å². The maximum Gasteiger partial charge on any atom is 0.159 e. The van der Waals surface area contributed by atoms with Crippen molar-refractivity contribution in [2.75, 3.05) is 7.11 Å². The number of carbonyl (C=O) groups is 1. The highest BCUT2D eigenvalue weighted by Gasteiger charge is 2.47. The molecule has 0 unspecified atom stereocenters. The summed E-state index contributed by atoms with van der Waals surface area (Å²) in [5, 5.41) is 0. The number of hydrogen-bond donors (Lipinski definition) is 0. The van der Waals surface area contributed by atoms with E-state index in [-0.39, 0.29) is 5.92 Å². The molecule has 3 aliphatic carbocycles. The maximum absolute atomic E-state index is 12.1. The van der Waals surface area contributed by atoms with Crippen molar-refractivity contribution in [3.8, 4) is 5.75 Å². The Kier molecular flexibility index (Phi) is 2.95. The van der Waals surface area contributed by atoms with Gasteiger partial charge in [-0.1, -0.05) is 11.6 Å². The highest BCUT2D eigenvalue weighted by Crippen LogP contribution is 2.54. The van der Waals surface area contributed by atoms with Crippen LogP contribution in [0.4, 0.5) is 0 Å². The maximum atomic E-state index is 12.1. The Hall–Kier alpha value is -1.57. The first-order chi connectivity index (χ1) is 10.2. The first kappa shape index (κ1) is 13.1. The molecular weight excluding hydrogens is 260 g/mol. The fraction of sp³-hybridized carbons (Fsp3) is 0.526. The normalized spacial score (nSPS) is 33.8. The summed E-state index contributed by atoms with van der Waals surface area (Å²) in [5.74, 6) is 3.43. The number of rotatable bonds is 1. The Morgan fingerprint density at radius 2 is 1.95 bits per heavy atom. The summed E-state index contributed by atoms with van der Waals surface area (Å²) in [6, 6.07) is 6.57. The predicted octanol–water partition coefficient (Wildman–Crippen LogP) is 3.90. The van der Waals surface area contributed by atoms with E-state index >= 15 is 0 Å². The van der Waals surface area contributed by atoms with Gasteiger partial charge in [0, 0.05) is 5.92 Å². The van der Waals surface area contributed by atoms with Gasteiger partial charge in [0.15, 0.2) is 5.78 Å². The lowest BCUT2D eigenvalue weighted by Gasteiger charge is -2.44. The van der Waals surface area contributed by atoms with Crippen molar-refractivity contribution >= 4 is 5.78 Å². The van der Waals surface area contributed by atoms with Crippen molar-refractivity contribution in [2.24, 2.45) is 17.8 Å². The summed E-state index contributed by atoms with van der Waals surface area (Å²) >= 11 is 0. The van der Waals surface area contributed by atoms with Gasteiger partial charge >= 0.3 is 0 Å². The fourth-order valence-electron chi connectivity index (χ4n) is 5.08. The minimum Gasteiger partial charge on any atom is -0.497 e. The SMILES string of the molecule is COc1ccc2c(c1)CC[C@H]1[C@H]3C(C)=CC(=O)[C@H]3CC[C@H]21. The van der Waals surface area contributed by atoms with E-state index in [1.54, 1.807) is 7.11 Å².